The Labute approximate surface area is 154 Å². The van der Waals surface area contributed by atoms with Crippen LogP contribution < -0.4 is 9.47 Å². The van der Waals surface area contributed by atoms with Gasteiger partial charge in [-0.1, -0.05) is 11.8 Å². The van der Waals surface area contributed by atoms with Gasteiger partial charge in [0.05, 0.1) is 5.56 Å². The summed E-state index contributed by atoms with van der Waals surface area (Å²) in [6, 6.07) is 9.65. The van der Waals surface area contributed by atoms with Crippen LogP contribution >= 0.6 is 0 Å². The van der Waals surface area contributed by atoms with E-state index in [1.165, 1.54) is 24.3 Å². The number of aliphatic hydroxyl groups is 1. The minimum atomic E-state index is -4.74. The Morgan fingerprint density at radius 3 is 2.11 bits per heavy atom. The summed E-state index contributed by atoms with van der Waals surface area (Å²) in [6.45, 7) is -0.585. The molecule has 0 spiro atoms. The topological polar surface area (TPSA) is 65.0 Å². The van der Waals surface area contributed by atoms with Gasteiger partial charge in [0.15, 0.2) is 13.1 Å². The molecule has 0 aliphatic rings. The molecule has 1 N–H and O–H groups in total. The summed E-state index contributed by atoms with van der Waals surface area (Å²) in [5.74, 6) is 5.41. The highest BCUT2D eigenvalue weighted by Crippen LogP contribution is 2.22. The van der Waals surface area contributed by atoms with E-state index in [1.54, 1.807) is 20.3 Å². The number of halogens is 3. The molecule has 144 valence electrons. The van der Waals surface area contributed by atoms with Crippen molar-refractivity contribution in [3.05, 3.63) is 59.2 Å². The zero-order valence-corrected chi connectivity index (χ0v) is 14.5. The van der Waals surface area contributed by atoms with Crippen LogP contribution in [-0.4, -0.2) is 38.8 Å². The lowest BCUT2D eigenvalue weighted by Crippen LogP contribution is -2.16. The average Bonchev–Trinajstić information content (AvgIpc) is 2.61. The molecule has 0 saturated heterocycles. The maximum absolute atomic E-state index is 12.1. The Morgan fingerprint density at radius 1 is 1.04 bits per heavy atom. The molecule has 2 aromatic carbocycles. The smallest absolute Gasteiger partial charge is 0.467 e. The quantitative estimate of drug-likeness (QED) is 0.499. The normalized spacial score (nSPS) is 10.0. The van der Waals surface area contributed by atoms with Gasteiger partial charge in [-0.05, 0) is 42.5 Å². The molecular weight excluding hydrogens is 365 g/mol. The molecule has 0 aromatic heterocycles. The van der Waals surface area contributed by atoms with Gasteiger partial charge < -0.3 is 19.3 Å². The number of rotatable bonds is 4. The molecule has 2 aromatic rings. The molecule has 0 heterocycles. The summed E-state index contributed by atoms with van der Waals surface area (Å²) in [6.07, 6.45) is -4.15. The van der Waals surface area contributed by atoms with Gasteiger partial charge in [0.2, 0.25) is 0 Å². The van der Waals surface area contributed by atoms with Crippen LogP contribution in [0.15, 0.2) is 42.5 Å². The monoisotopic (exact) mass is 382 g/mol. The van der Waals surface area contributed by atoms with E-state index < -0.39 is 13.2 Å². The first-order chi connectivity index (χ1) is 12.8. The van der Waals surface area contributed by atoms with E-state index in [0.717, 1.165) is 12.1 Å². The third kappa shape index (κ3) is 8.27. The summed E-state index contributed by atoms with van der Waals surface area (Å²) in [5.41, 5.74) is 1.26. The third-order valence-corrected chi connectivity index (χ3v) is 2.80. The van der Waals surface area contributed by atoms with Crippen molar-refractivity contribution in [3.63, 3.8) is 0 Å². The number of aliphatic hydroxyl groups excluding tert-OH is 1. The van der Waals surface area contributed by atoms with Gasteiger partial charge in [0.25, 0.3) is 0 Å². The van der Waals surface area contributed by atoms with Crippen molar-refractivity contribution in [2.75, 3.05) is 21.0 Å². The maximum atomic E-state index is 12.1. The molecule has 0 aliphatic heterocycles. The number of methoxy groups -OCH3 is 1. The minimum Gasteiger partial charge on any atom is -0.467 e. The van der Waals surface area contributed by atoms with E-state index in [1.807, 2.05) is 0 Å². The highest BCUT2D eigenvalue weighted by atomic mass is 19.4. The largest absolute Gasteiger partial charge is 0.573 e. The molecule has 0 saturated carbocycles. The molecule has 0 bridgehead atoms. The van der Waals surface area contributed by atoms with E-state index >= 15 is 0 Å². The first-order valence-electron chi connectivity index (χ1n) is 7.43. The molecule has 27 heavy (non-hydrogen) atoms. The molecule has 5 nitrogen and oxygen atoms in total. The number of carbonyl (C=O) groups excluding carboxylic acids is 1. The number of ether oxygens (including phenoxy) is 3. The van der Waals surface area contributed by atoms with Gasteiger partial charge in [-0.3, -0.25) is 4.79 Å². The average molecular weight is 382 g/mol. The zero-order valence-electron chi connectivity index (χ0n) is 14.5. The SMILES string of the molecule is COC.O=Cc1ccc(C#Cc2ccc(OC(F)(F)F)cc2)cc1OCO. The lowest BCUT2D eigenvalue weighted by molar-refractivity contribution is -0.274. The van der Waals surface area contributed by atoms with Crippen LogP contribution in [0.5, 0.6) is 11.5 Å². The number of alkyl halides is 3. The Balaban J connectivity index is 0.00000114. The number of hydrogen-bond donors (Lipinski definition) is 1. The van der Waals surface area contributed by atoms with Crippen molar-refractivity contribution in [3.8, 4) is 23.3 Å². The fourth-order valence-electron chi connectivity index (χ4n) is 1.79. The fraction of sp³-hybridized carbons (Fsp3) is 0.211. The van der Waals surface area contributed by atoms with Gasteiger partial charge in [0.1, 0.15) is 11.5 Å². The second-order valence-corrected chi connectivity index (χ2v) is 4.87. The second-order valence-electron chi connectivity index (χ2n) is 4.87. The molecule has 0 aliphatic carbocycles. The molecule has 0 unspecified atom stereocenters. The van der Waals surface area contributed by atoms with Crippen molar-refractivity contribution < 1.29 is 37.3 Å². The van der Waals surface area contributed by atoms with Crippen molar-refractivity contribution in [1.82, 2.24) is 0 Å². The van der Waals surface area contributed by atoms with Crippen molar-refractivity contribution in [1.29, 1.82) is 0 Å². The Bertz CT molecular complexity index is 790. The lowest BCUT2D eigenvalue weighted by Gasteiger charge is -2.08. The predicted octanol–water partition coefficient (Wildman–Crippen LogP) is 3.39. The van der Waals surface area contributed by atoms with Gasteiger partial charge in [-0.15, -0.1) is 13.2 Å². The van der Waals surface area contributed by atoms with E-state index in [2.05, 4.69) is 21.3 Å². The minimum absolute atomic E-state index is 0.188. The first kappa shape index (κ1) is 22.0. The molecule has 0 atom stereocenters. The Hall–Kier alpha value is -3.02. The molecule has 2 rings (SSSR count). The second kappa shape index (κ2) is 10.9. The van der Waals surface area contributed by atoms with Gasteiger partial charge in [-0.25, -0.2) is 0 Å². The van der Waals surface area contributed by atoms with Crippen molar-refractivity contribution >= 4 is 6.29 Å². The zero-order chi connectivity index (χ0) is 20.3. The number of aldehydes is 1. The summed E-state index contributed by atoms with van der Waals surface area (Å²) in [7, 11) is 3.25. The molecule has 0 radical (unpaired) electrons. The summed E-state index contributed by atoms with van der Waals surface area (Å²) in [4.78, 5) is 10.8. The predicted molar refractivity (Wildman–Crippen MR) is 91.6 cm³/mol. The molecule has 0 amide bonds. The van der Waals surface area contributed by atoms with Crippen molar-refractivity contribution in [2.45, 2.75) is 6.36 Å². The summed E-state index contributed by atoms with van der Waals surface area (Å²) in [5, 5.41) is 8.78. The highest BCUT2D eigenvalue weighted by molar-refractivity contribution is 5.79. The van der Waals surface area contributed by atoms with Crippen LogP contribution in [0.1, 0.15) is 21.5 Å². The van der Waals surface area contributed by atoms with E-state index in [4.69, 9.17) is 9.84 Å². The molecule has 0 fully saturated rings. The number of carbonyl (C=O) groups is 1. The van der Waals surface area contributed by atoms with E-state index in [-0.39, 0.29) is 17.1 Å². The van der Waals surface area contributed by atoms with Gasteiger partial charge in [0, 0.05) is 25.3 Å². The van der Waals surface area contributed by atoms with Crippen LogP contribution in [0.4, 0.5) is 13.2 Å². The summed E-state index contributed by atoms with van der Waals surface area (Å²) >= 11 is 0. The highest BCUT2D eigenvalue weighted by Gasteiger charge is 2.30. The van der Waals surface area contributed by atoms with Crippen LogP contribution in [-0.2, 0) is 4.74 Å². The van der Waals surface area contributed by atoms with Gasteiger partial charge >= 0.3 is 6.36 Å². The van der Waals surface area contributed by atoms with E-state index in [0.29, 0.717) is 17.4 Å². The van der Waals surface area contributed by atoms with Crippen LogP contribution in [0.25, 0.3) is 0 Å². The van der Waals surface area contributed by atoms with Crippen molar-refractivity contribution in [2.24, 2.45) is 0 Å². The Morgan fingerprint density at radius 2 is 1.59 bits per heavy atom. The molecule has 8 heteroatoms. The van der Waals surface area contributed by atoms with Crippen LogP contribution in [0.2, 0.25) is 0 Å². The standard InChI is InChI=1S/C17H11F3O4.C2H6O/c18-17(19,20)24-15-7-4-12(5-8-15)1-2-13-3-6-14(10-21)16(9-13)23-11-22;1-3-2/h3-10,22H,11H2;1-2H3. The van der Waals surface area contributed by atoms with E-state index in [9.17, 15) is 18.0 Å². The van der Waals surface area contributed by atoms with Crippen LogP contribution in [0.3, 0.4) is 0 Å². The van der Waals surface area contributed by atoms with Gasteiger partial charge in [-0.2, -0.15) is 0 Å². The first-order valence-corrected chi connectivity index (χ1v) is 7.43. The third-order valence-electron chi connectivity index (χ3n) is 2.80. The number of benzene rings is 2. The maximum Gasteiger partial charge on any atom is 0.573 e. The molecular formula is C19H17F3O5. The van der Waals surface area contributed by atoms with Crippen LogP contribution in [0, 0.1) is 11.8 Å². The lowest BCUT2D eigenvalue weighted by atomic mass is 10.1. The number of hydrogen-bond acceptors (Lipinski definition) is 5. The Kier molecular flexibility index (Phi) is 8.85. The summed E-state index contributed by atoms with van der Waals surface area (Å²) < 4.78 is 49.1. The fourth-order valence-corrected chi connectivity index (χ4v) is 1.79.